The molecule has 48 heavy (non-hydrogen) atoms. The van der Waals surface area contributed by atoms with Crippen LogP contribution in [0.15, 0.2) is 109 Å². The zero-order valence-corrected chi connectivity index (χ0v) is 26.9. The van der Waals surface area contributed by atoms with Crippen LogP contribution < -0.4 is 15.5 Å². The maximum Gasteiger partial charge on any atom is 0.407 e. The Kier molecular flexibility index (Phi) is 9.45. The minimum absolute atomic E-state index is 0.0440. The monoisotopic (exact) mass is 640 g/mol. The van der Waals surface area contributed by atoms with Gasteiger partial charge < -0.3 is 25.2 Å². The Bertz CT molecular complexity index is 1870. The highest BCUT2D eigenvalue weighted by atomic mass is 16.5. The number of ether oxygens (including phenoxy) is 1. The van der Waals surface area contributed by atoms with Gasteiger partial charge in [-0.1, -0.05) is 97.1 Å². The minimum atomic E-state index is -0.413. The summed E-state index contributed by atoms with van der Waals surface area (Å²) in [7, 11) is 0. The number of carbonyl (C=O) groups excluding carboxylic acids is 2. The summed E-state index contributed by atoms with van der Waals surface area (Å²) in [5, 5.41) is 7.57. The number of hydrogen-bond donors (Lipinski definition) is 2. The molecule has 2 atom stereocenters. The summed E-state index contributed by atoms with van der Waals surface area (Å²) in [6.07, 6.45) is 2.55. The number of nitrogens with one attached hydrogen (secondary N) is 2. The molecular weight excluding hydrogens is 600 g/mol. The van der Waals surface area contributed by atoms with Gasteiger partial charge in [0.1, 0.15) is 12.4 Å². The van der Waals surface area contributed by atoms with E-state index in [1.54, 1.807) is 0 Å². The lowest BCUT2D eigenvalue weighted by atomic mass is 9.97. The van der Waals surface area contributed by atoms with Crippen LogP contribution in [-0.4, -0.2) is 65.1 Å². The van der Waals surface area contributed by atoms with Crippen molar-refractivity contribution >= 4 is 34.7 Å². The largest absolute Gasteiger partial charge is 0.445 e. The van der Waals surface area contributed by atoms with Crippen molar-refractivity contribution in [3.8, 4) is 11.1 Å². The number of piperidine rings is 1. The number of rotatable bonds is 9. The number of para-hydroxylation sites is 1. The van der Waals surface area contributed by atoms with Crippen molar-refractivity contribution in [2.45, 2.75) is 44.4 Å². The second kappa shape index (κ2) is 14.5. The third kappa shape index (κ3) is 7.41. The number of alkyl carbamates (subject to hydrolysis) is 1. The molecule has 0 saturated carbocycles. The number of fused-ring (bicyclic) bond motifs is 1. The van der Waals surface area contributed by atoms with Gasteiger partial charge in [0.15, 0.2) is 0 Å². The molecule has 2 amide bonds. The van der Waals surface area contributed by atoms with E-state index >= 15 is 0 Å². The summed E-state index contributed by atoms with van der Waals surface area (Å²) in [4.78, 5) is 40.2. The van der Waals surface area contributed by atoms with Crippen LogP contribution in [-0.2, 0) is 22.6 Å². The minimum Gasteiger partial charge on any atom is -0.445 e. The topological polar surface area (TPSA) is 99.7 Å². The Morgan fingerprint density at radius 1 is 0.771 bits per heavy atom. The van der Waals surface area contributed by atoms with Crippen molar-refractivity contribution in [1.29, 1.82) is 0 Å². The van der Waals surface area contributed by atoms with Gasteiger partial charge in [-0.15, -0.1) is 0 Å². The zero-order chi connectivity index (χ0) is 32.7. The Morgan fingerprint density at radius 3 is 2.38 bits per heavy atom. The average Bonchev–Trinajstić information content (AvgIpc) is 3.60. The molecule has 2 aliphatic rings. The molecule has 2 N–H and O–H groups in total. The Hall–Kier alpha value is -5.44. The summed E-state index contributed by atoms with van der Waals surface area (Å²) in [5.74, 6) is 1.52. The Morgan fingerprint density at radius 2 is 1.52 bits per heavy atom. The fourth-order valence-electron chi connectivity index (χ4n) is 6.72. The number of benzene rings is 4. The molecule has 2 saturated heterocycles. The van der Waals surface area contributed by atoms with E-state index in [2.05, 4.69) is 33.7 Å². The highest BCUT2D eigenvalue weighted by molar-refractivity contribution is 5.90. The second-order valence-electron chi connectivity index (χ2n) is 12.5. The highest BCUT2D eigenvalue weighted by Crippen LogP contribution is 2.29. The maximum absolute atomic E-state index is 13.5. The van der Waals surface area contributed by atoms with E-state index in [4.69, 9.17) is 14.7 Å². The molecule has 0 radical (unpaired) electrons. The van der Waals surface area contributed by atoms with Crippen LogP contribution in [0.2, 0.25) is 0 Å². The highest BCUT2D eigenvalue weighted by Gasteiger charge is 2.29. The maximum atomic E-state index is 13.5. The standard InChI is InChI=1S/C39H40N6O3/c46-36(24-30-16-7-8-18-33(30)29-14-5-2-6-15-29)44-23-21-32(25-44)40-38-42-35-20-10-9-19-34(35)37(43-38)45-22-11-17-31(26-45)41-39(47)48-27-28-12-3-1-4-13-28/h1-10,12-16,18-20,31-32H,11,17,21-27H2,(H,41,47)(H,40,42,43). The van der Waals surface area contributed by atoms with E-state index < -0.39 is 6.09 Å². The molecule has 7 rings (SSSR count). The second-order valence-corrected chi connectivity index (χ2v) is 12.5. The molecule has 9 heteroatoms. The number of hydrogen-bond acceptors (Lipinski definition) is 7. The van der Waals surface area contributed by atoms with Crippen molar-refractivity contribution in [1.82, 2.24) is 20.2 Å². The quantitative estimate of drug-likeness (QED) is 0.191. The average molecular weight is 641 g/mol. The Labute approximate surface area is 281 Å². The first kappa shape index (κ1) is 31.2. The van der Waals surface area contributed by atoms with E-state index in [1.165, 1.54) is 0 Å². The first-order valence-electron chi connectivity index (χ1n) is 16.8. The third-order valence-electron chi connectivity index (χ3n) is 9.16. The van der Waals surface area contributed by atoms with Gasteiger partial charge in [-0.2, -0.15) is 4.98 Å². The fraction of sp³-hybridized carbons (Fsp3) is 0.282. The van der Waals surface area contributed by atoms with Crippen LogP contribution >= 0.6 is 0 Å². The van der Waals surface area contributed by atoms with Gasteiger partial charge >= 0.3 is 6.09 Å². The number of aromatic nitrogens is 2. The van der Waals surface area contributed by atoms with Crippen molar-refractivity contribution in [2.75, 3.05) is 36.4 Å². The number of likely N-dealkylation sites (tertiary alicyclic amines) is 1. The van der Waals surface area contributed by atoms with Gasteiger partial charge in [-0.3, -0.25) is 4.79 Å². The molecule has 2 aliphatic heterocycles. The summed E-state index contributed by atoms with van der Waals surface area (Å²) in [5.41, 5.74) is 5.05. The summed E-state index contributed by atoms with van der Waals surface area (Å²) >= 11 is 0. The predicted molar refractivity (Wildman–Crippen MR) is 189 cm³/mol. The molecule has 0 bridgehead atoms. The van der Waals surface area contributed by atoms with Crippen molar-refractivity contribution < 1.29 is 14.3 Å². The lowest BCUT2D eigenvalue weighted by Crippen LogP contribution is -2.48. The summed E-state index contributed by atoms with van der Waals surface area (Å²) in [6, 6.07) is 36.0. The van der Waals surface area contributed by atoms with E-state index in [0.29, 0.717) is 32.0 Å². The molecule has 5 aromatic rings. The molecular formula is C39H40N6O3. The van der Waals surface area contributed by atoms with Crippen LogP contribution in [0.25, 0.3) is 22.0 Å². The molecule has 9 nitrogen and oxygen atoms in total. The van der Waals surface area contributed by atoms with E-state index in [0.717, 1.165) is 64.8 Å². The first-order chi connectivity index (χ1) is 23.6. The van der Waals surface area contributed by atoms with Crippen LogP contribution in [0, 0.1) is 0 Å². The number of nitrogens with zero attached hydrogens (tertiary/aromatic N) is 4. The molecule has 4 aromatic carbocycles. The van der Waals surface area contributed by atoms with Crippen LogP contribution in [0.3, 0.4) is 0 Å². The SMILES string of the molecule is O=C(NC1CCCN(c2nc(NC3CCN(C(=O)Cc4ccccc4-c4ccccc4)C3)nc3ccccc23)C1)OCc1ccccc1. The lowest BCUT2D eigenvalue weighted by Gasteiger charge is -2.34. The predicted octanol–water partition coefficient (Wildman–Crippen LogP) is 6.45. The summed E-state index contributed by atoms with van der Waals surface area (Å²) in [6.45, 7) is 2.97. The molecule has 1 aromatic heterocycles. The van der Waals surface area contributed by atoms with Gasteiger partial charge in [0, 0.05) is 43.6 Å². The first-order valence-corrected chi connectivity index (χ1v) is 16.8. The number of anilines is 2. The molecule has 2 unspecified atom stereocenters. The molecule has 2 fully saturated rings. The van der Waals surface area contributed by atoms with Gasteiger partial charge in [0.25, 0.3) is 0 Å². The lowest BCUT2D eigenvalue weighted by molar-refractivity contribution is -0.129. The molecule has 244 valence electrons. The summed E-state index contributed by atoms with van der Waals surface area (Å²) < 4.78 is 5.49. The van der Waals surface area contributed by atoms with Crippen LogP contribution in [0.1, 0.15) is 30.4 Å². The Balaban J connectivity index is 1.00. The normalized spacial score (nSPS) is 17.7. The van der Waals surface area contributed by atoms with Gasteiger partial charge in [-0.25, -0.2) is 9.78 Å². The van der Waals surface area contributed by atoms with E-state index in [9.17, 15) is 9.59 Å². The molecule has 3 heterocycles. The fourth-order valence-corrected chi connectivity index (χ4v) is 6.72. The van der Waals surface area contributed by atoms with E-state index in [-0.39, 0.29) is 24.6 Å². The number of carbonyl (C=O) groups is 2. The van der Waals surface area contributed by atoms with Crippen molar-refractivity contribution in [3.05, 3.63) is 120 Å². The smallest absolute Gasteiger partial charge is 0.407 e. The van der Waals surface area contributed by atoms with E-state index in [1.807, 2.05) is 95.9 Å². The van der Waals surface area contributed by atoms with Crippen molar-refractivity contribution in [2.24, 2.45) is 0 Å². The molecule has 0 aliphatic carbocycles. The van der Waals surface area contributed by atoms with Gasteiger partial charge in [-0.05, 0) is 53.6 Å². The zero-order valence-electron chi connectivity index (χ0n) is 26.9. The third-order valence-corrected chi connectivity index (χ3v) is 9.16. The van der Waals surface area contributed by atoms with Gasteiger partial charge in [0.05, 0.1) is 11.9 Å². The molecule has 0 spiro atoms. The van der Waals surface area contributed by atoms with Crippen LogP contribution in [0.4, 0.5) is 16.6 Å². The van der Waals surface area contributed by atoms with Gasteiger partial charge in [0.2, 0.25) is 11.9 Å². The van der Waals surface area contributed by atoms with Crippen molar-refractivity contribution in [3.63, 3.8) is 0 Å². The van der Waals surface area contributed by atoms with Crippen LogP contribution in [0.5, 0.6) is 0 Å². The number of amides is 2.